The maximum atomic E-state index is 13.6. The first-order chi connectivity index (χ1) is 21.4. The third-order valence-electron chi connectivity index (χ3n) is 7.66. The average molecular weight is 671 g/mol. The lowest BCUT2D eigenvalue weighted by molar-refractivity contribution is -0.274. The average Bonchev–Trinajstić information content (AvgIpc) is 3.74. The number of likely N-dealkylation sites (tertiary alicyclic amines) is 1. The predicted molar refractivity (Wildman–Crippen MR) is 160 cm³/mol. The van der Waals surface area contributed by atoms with Gasteiger partial charge in [0.15, 0.2) is 9.34 Å². The van der Waals surface area contributed by atoms with E-state index in [0.29, 0.717) is 23.4 Å². The van der Waals surface area contributed by atoms with Gasteiger partial charge < -0.3 is 25.0 Å². The highest BCUT2D eigenvalue weighted by molar-refractivity contribution is 7.91. The van der Waals surface area contributed by atoms with Crippen LogP contribution in [0.15, 0.2) is 34.8 Å². The monoisotopic (exact) mass is 670 g/mol. The predicted octanol–water partition coefficient (Wildman–Crippen LogP) is 3.61. The molecule has 17 heteroatoms. The van der Waals surface area contributed by atoms with Gasteiger partial charge in [-0.2, -0.15) is 4.72 Å². The number of halogens is 3. The first-order valence-corrected chi connectivity index (χ1v) is 16.8. The van der Waals surface area contributed by atoms with Gasteiger partial charge >= 0.3 is 12.3 Å². The highest BCUT2D eigenvalue weighted by Gasteiger charge is 2.42. The molecule has 2 aliphatic rings. The third kappa shape index (κ3) is 7.58. The molecule has 0 bridgehead atoms. The smallest absolute Gasteiger partial charge is 0.464 e. The Bertz CT molecular complexity index is 1660. The van der Waals surface area contributed by atoms with E-state index >= 15 is 0 Å². The number of ether oxygens (including phenoxy) is 2. The van der Waals surface area contributed by atoms with E-state index in [0.717, 1.165) is 48.2 Å². The lowest BCUT2D eigenvalue weighted by Gasteiger charge is -2.27. The number of aromatic nitrogens is 2. The summed E-state index contributed by atoms with van der Waals surface area (Å²) < 4.78 is 78.8. The molecule has 4 heterocycles. The highest BCUT2D eigenvalue weighted by Crippen LogP contribution is 2.35. The van der Waals surface area contributed by atoms with Gasteiger partial charge in [0.2, 0.25) is 5.91 Å². The Hall–Kier alpha value is -3.70. The highest BCUT2D eigenvalue weighted by atomic mass is 32.2. The fraction of sp³-hybridized carbons (Fsp3) is 0.500. The summed E-state index contributed by atoms with van der Waals surface area (Å²) in [6, 6.07) is 1.46. The number of amides is 1. The molecule has 45 heavy (non-hydrogen) atoms. The van der Waals surface area contributed by atoms with E-state index in [4.69, 9.17) is 10.5 Å². The van der Waals surface area contributed by atoms with Gasteiger partial charge in [0.25, 0.3) is 10.0 Å². The van der Waals surface area contributed by atoms with Crippen molar-refractivity contribution in [3.05, 3.63) is 36.2 Å². The number of hydrogen-bond acceptors (Lipinski definition) is 11. The van der Waals surface area contributed by atoms with Crippen LogP contribution in [0.2, 0.25) is 0 Å². The van der Waals surface area contributed by atoms with E-state index < -0.39 is 52.5 Å². The minimum Gasteiger partial charge on any atom is -0.464 e. The molecule has 2 fully saturated rings. The Kier molecular flexibility index (Phi) is 9.69. The number of nitrogens with one attached hydrogen (secondary N) is 1. The number of carbonyl (C=O) groups is 2. The van der Waals surface area contributed by atoms with E-state index in [9.17, 15) is 31.2 Å². The van der Waals surface area contributed by atoms with Crippen molar-refractivity contribution in [1.29, 1.82) is 0 Å². The number of rotatable bonds is 12. The lowest BCUT2D eigenvalue weighted by atomic mass is 10.00. The van der Waals surface area contributed by atoms with Crippen LogP contribution in [0.3, 0.4) is 0 Å². The number of pyridine rings is 1. The van der Waals surface area contributed by atoms with E-state index in [1.807, 2.05) is 11.8 Å². The number of unbranched alkanes of at least 4 members (excludes halogenated alkanes) is 1. The number of nitrogens with two attached hydrogens (primary N) is 1. The summed E-state index contributed by atoms with van der Waals surface area (Å²) in [6.45, 7) is 3.45. The molecule has 2 saturated heterocycles. The molecule has 0 radical (unpaired) electrons. The molecule has 0 aliphatic carbocycles. The maximum absolute atomic E-state index is 13.6. The summed E-state index contributed by atoms with van der Waals surface area (Å²) in [6.07, 6.45) is 0.434. The molecule has 12 nitrogen and oxygen atoms in total. The molecule has 1 amide bonds. The lowest BCUT2D eigenvalue weighted by Crippen LogP contribution is -2.48. The standard InChI is InChI=1S/C28H33F3N6O6S2/c1-2-3-12-42-26(39)21(14-18-13-17-6-8-33-24(32)19(17)15-22(18)43-28(29,30)31)37-11-7-20(25(37)38)35-45(40,41)23-16-34-27(44-23)36-9-4-5-10-36/h6,8,13,15-16,20-21,35H,2-5,7,9-12,14H2,1H3,(H2,32,33)/t20-,21+/m0/s1. The van der Waals surface area contributed by atoms with Crippen molar-refractivity contribution in [2.24, 2.45) is 0 Å². The van der Waals surface area contributed by atoms with Gasteiger partial charge in [-0.15, -0.1) is 13.2 Å². The SMILES string of the molecule is CCCCOC(=O)[C@@H](Cc1cc2ccnc(N)c2cc1OC(F)(F)F)N1CC[C@H](NS(=O)(=O)c2cnc(N3CCCC3)s2)C1=O. The van der Waals surface area contributed by atoms with Gasteiger partial charge in [0.05, 0.1) is 12.8 Å². The van der Waals surface area contributed by atoms with Crippen LogP contribution < -0.4 is 20.1 Å². The Morgan fingerprint density at radius 3 is 2.69 bits per heavy atom. The van der Waals surface area contributed by atoms with E-state index in [1.165, 1.54) is 18.5 Å². The summed E-state index contributed by atoms with van der Waals surface area (Å²) >= 11 is 1.00. The largest absolute Gasteiger partial charge is 0.573 e. The minimum absolute atomic E-state index is 0.0139. The number of carbonyl (C=O) groups excluding carboxylic acids is 2. The molecule has 3 aromatic rings. The number of sulfonamides is 1. The zero-order chi connectivity index (χ0) is 32.4. The fourth-order valence-corrected chi connectivity index (χ4v) is 7.80. The van der Waals surface area contributed by atoms with Gasteiger partial charge in [-0.3, -0.25) is 4.79 Å². The van der Waals surface area contributed by atoms with Gasteiger partial charge in [-0.25, -0.2) is 23.2 Å². The van der Waals surface area contributed by atoms with Crippen LogP contribution >= 0.6 is 11.3 Å². The van der Waals surface area contributed by atoms with Crippen molar-refractivity contribution < 1.29 is 40.7 Å². The first-order valence-electron chi connectivity index (χ1n) is 14.5. The van der Waals surface area contributed by atoms with Gasteiger partial charge in [-0.05, 0) is 54.8 Å². The number of thiazole rings is 1. The first kappa shape index (κ1) is 32.7. The second kappa shape index (κ2) is 13.3. The molecule has 5 rings (SSSR count). The van der Waals surface area contributed by atoms with Gasteiger partial charge in [0, 0.05) is 37.6 Å². The molecule has 0 spiro atoms. The summed E-state index contributed by atoms with van der Waals surface area (Å²) in [4.78, 5) is 38.2. The van der Waals surface area contributed by atoms with Crippen molar-refractivity contribution in [3.63, 3.8) is 0 Å². The van der Waals surface area contributed by atoms with E-state index in [1.54, 1.807) is 6.07 Å². The summed E-state index contributed by atoms with van der Waals surface area (Å²) in [5.41, 5.74) is 5.85. The third-order valence-corrected chi connectivity index (χ3v) is 10.6. The van der Waals surface area contributed by atoms with Crippen LogP contribution in [0.1, 0.15) is 44.6 Å². The van der Waals surface area contributed by atoms with Crippen LogP contribution in [-0.2, 0) is 30.8 Å². The molecule has 2 aliphatic heterocycles. The number of hydrogen-bond donors (Lipinski definition) is 2. The second-order valence-corrected chi connectivity index (χ2v) is 13.8. The number of nitrogens with zero attached hydrogens (tertiary/aromatic N) is 4. The number of nitrogen functional groups attached to an aromatic ring is 1. The summed E-state index contributed by atoms with van der Waals surface area (Å²) in [7, 11) is -4.13. The van der Waals surface area contributed by atoms with Gasteiger partial charge in [-0.1, -0.05) is 24.7 Å². The number of alkyl halides is 3. The van der Waals surface area contributed by atoms with Crippen molar-refractivity contribution in [3.8, 4) is 5.75 Å². The molecule has 1 aromatic carbocycles. The molecular formula is C28H33F3N6O6S2. The van der Waals surface area contributed by atoms with Crippen molar-refractivity contribution in [2.45, 2.75) is 68.1 Å². The number of fused-ring (bicyclic) bond motifs is 1. The quantitative estimate of drug-likeness (QED) is 0.216. The summed E-state index contributed by atoms with van der Waals surface area (Å²) in [5.74, 6) is -2.15. The second-order valence-electron chi connectivity index (χ2n) is 10.8. The zero-order valence-corrected chi connectivity index (χ0v) is 26.0. The number of benzene rings is 1. The minimum atomic E-state index is -5.06. The maximum Gasteiger partial charge on any atom is 0.573 e. The normalized spacial score (nSPS) is 18.1. The fourth-order valence-electron chi connectivity index (χ4n) is 5.39. The van der Waals surface area contributed by atoms with E-state index in [-0.39, 0.29) is 40.5 Å². The van der Waals surface area contributed by atoms with E-state index in [2.05, 4.69) is 19.4 Å². The van der Waals surface area contributed by atoms with Crippen molar-refractivity contribution in [2.75, 3.05) is 36.9 Å². The van der Waals surface area contributed by atoms with Crippen LogP contribution in [0.4, 0.5) is 24.1 Å². The topological polar surface area (TPSA) is 157 Å². The Labute approximate surface area is 261 Å². The van der Waals surface area contributed by atoms with Crippen LogP contribution in [0, 0.1) is 0 Å². The Morgan fingerprint density at radius 1 is 1.22 bits per heavy atom. The molecule has 244 valence electrons. The number of anilines is 2. The van der Waals surface area contributed by atoms with Crippen LogP contribution in [0.5, 0.6) is 5.75 Å². The molecular weight excluding hydrogens is 637 g/mol. The zero-order valence-electron chi connectivity index (χ0n) is 24.4. The van der Waals surface area contributed by atoms with Crippen molar-refractivity contribution >= 4 is 55.0 Å². The molecule has 2 aromatic heterocycles. The van der Waals surface area contributed by atoms with Crippen molar-refractivity contribution in [1.82, 2.24) is 19.6 Å². The number of esters is 1. The molecule has 0 saturated carbocycles. The summed E-state index contributed by atoms with van der Waals surface area (Å²) in [5, 5.41) is 1.23. The molecule has 3 N–H and O–H groups in total. The Balaban J connectivity index is 1.41. The van der Waals surface area contributed by atoms with Crippen LogP contribution in [-0.4, -0.2) is 79.8 Å². The van der Waals surface area contributed by atoms with Gasteiger partial charge in [0.1, 0.15) is 23.7 Å². The molecule has 2 atom stereocenters. The molecule has 0 unspecified atom stereocenters. The van der Waals surface area contributed by atoms with Crippen LogP contribution in [0.25, 0.3) is 10.8 Å². The Morgan fingerprint density at radius 2 is 1.98 bits per heavy atom.